The van der Waals surface area contributed by atoms with Crippen LogP contribution in [0.5, 0.6) is 0 Å². The zero-order chi connectivity index (χ0) is 12.4. The second-order valence-corrected chi connectivity index (χ2v) is 3.78. The van der Waals surface area contributed by atoms with Crippen molar-refractivity contribution < 1.29 is 9.21 Å². The molecule has 0 fully saturated rings. The number of hydrogen-bond acceptors (Lipinski definition) is 4. The maximum Gasteiger partial charge on any atom is 0.272 e. The van der Waals surface area contributed by atoms with Crippen LogP contribution in [0.15, 0.2) is 29.0 Å². The summed E-state index contributed by atoms with van der Waals surface area (Å²) < 4.78 is 6.65. The molecule has 2 rings (SSSR count). The highest BCUT2D eigenvalue weighted by molar-refractivity contribution is 5.97. The number of rotatable bonds is 3. The highest BCUT2D eigenvalue weighted by Gasteiger charge is 2.18. The Hall–Kier alpha value is -2.24. The molecule has 90 valence electrons. The molecule has 1 atom stereocenters. The molecule has 0 spiro atoms. The van der Waals surface area contributed by atoms with Crippen molar-refractivity contribution in [1.82, 2.24) is 15.1 Å². The van der Waals surface area contributed by atoms with Gasteiger partial charge in [0.2, 0.25) is 0 Å². The molecular formula is C11H14N4O2. The number of carbonyl (C=O) groups is 1. The van der Waals surface area contributed by atoms with Gasteiger partial charge in [0.05, 0.1) is 24.2 Å². The van der Waals surface area contributed by atoms with Gasteiger partial charge in [0, 0.05) is 7.05 Å². The van der Waals surface area contributed by atoms with E-state index >= 15 is 0 Å². The topological polar surface area (TPSA) is 86.1 Å². The van der Waals surface area contributed by atoms with Gasteiger partial charge in [-0.3, -0.25) is 9.48 Å². The van der Waals surface area contributed by atoms with Crippen LogP contribution in [0.25, 0.3) is 0 Å². The summed E-state index contributed by atoms with van der Waals surface area (Å²) in [5.41, 5.74) is 6.38. The van der Waals surface area contributed by atoms with Gasteiger partial charge in [0.25, 0.3) is 5.91 Å². The van der Waals surface area contributed by atoms with Crippen LogP contribution in [-0.2, 0) is 7.05 Å². The van der Waals surface area contributed by atoms with Crippen LogP contribution < -0.4 is 11.1 Å². The average molecular weight is 234 g/mol. The summed E-state index contributed by atoms with van der Waals surface area (Å²) in [4.78, 5) is 12.0. The number of hydrogen-bond donors (Lipinski definition) is 2. The molecule has 0 bridgehead atoms. The van der Waals surface area contributed by atoms with E-state index in [0.29, 0.717) is 17.1 Å². The maximum atomic E-state index is 12.0. The molecule has 0 saturated carbocycles. The highest BCUT2D eigenvalue weighted by atomic mass is 16.3. The smallest absolute Gasteiger partial charge is 0.272 e. The average Bonchev–Trinajstić information content (AvgIpc) is 2.88. The van der Waals surface area contributed by atoms with Gasteiger partial charge in [-0.2, -0.15) is 5.10 Å². The van der Waals surface area contributed by atoms with Crippen LogP contribution in [0.1, 0.15) is 29.2 Å². The van der Waals surface area contributed by atoms with Gasteiger partial charge in [-0.1, -0.05) is 0 Å². The van der Waals surface area contributed by atoms with Crippen molar-refractivity contribution in [2.75, 3.05) is 5.73 Å². The lowest BCUT2D eigenvalue weighted by atomic mass is 10.2. The molecule has 0 aromatic carbocycles. The molecule has 3 N–H and O–H groups in total. The number of nitrogens with one attached hydrogen (secondary N) is 1. The minimum absolute atomic E-state index is 0.216. The minimum Gasteiger partial charge on any atom is -0.467 e. The number of nitrogens with zero attached hydrogens (tertiary/aromatic N) is 2. The van der Waals surface area contributed by atoms with Gasteiger partial charge in [0.1, 0.15) is 11.5 Å². The van der Waals surface area contributed by atoms with E-state index in [1.807, 2.05) is 6.92 Å². The lowest BCUT2D eigenvalue weighted by molar-refractivity contribution is 0.0927. The van der Waals surface area contributed by atoms with Crippen LogP contribution in [0.3, 0.4) is 0 Å². The van der Waals surface area contributed by atoms with Crippen molar-refractivity contribution in [2.24, 2.45) is 7.05 Å². The summed E-state index contributed by atoms with van der Waals surface area (Å²) in [6, 6.07) is 3.36. The molecule has 17 heavy (non-hydrogen) atoms. The van der Waals surface area contributed by atoms with E-state index in [4.69, 9.17) is 10.2 Å². The van der Waals surface area contributed by atoms with Gasteiger partial charge in [-0.25, -0.2) is 0 Å². The second kappa shape index (κ2) is 4.32. The molecule has 1 amide bonds. The first kappa shape index (κ1) is 11.3. The van der Waals surface area contributed by atoms with E-state index in [1.165, 1.54) is 10.9 Å². The van der Waals surface area contributed by atoms with Gasteiger partial charge < -0.3 is 15.5 Å². The normalized spacial score (nSPS) is 12.4. The molecule has 6 heteroatoms. The molecule has 2 aromatic heterocycles. The number of amides is 1. The van der Waals surface area contributed by atoms with Gasteiger partial charge in [-0.15, -0.1) is 0 Å². The zero-order valence-corrected chi connectivity index (χ0v) is 9.68. The Morgan fingerprint density at radius 2 is 2.41 bits per heavy atom. The summed E-state index contributed by atoms with van der Waals surface area (Å²) in [7, 11) is 1.67. The Bertz CT molecular complexity index is 496. The number of aryl methyl sites for hydroxylation is 1. The molecule has 0 aliphatic heterocycles. The van der Waals surface area contributed by atoms with E-state index in [1.54, 1.807) is 25.4 Å². The molecule has 0 saturated heterocycles. The Morgan fingerprint density at radius 1 is 1.65 bits per heavy atom. The van der Waals surface area contributed by atoms with Crippen molar-refractivity contribution >= 4 is 11.6 Å². The molecule has 1 unspecified atom stereocenters. The fourth-order valence-electron chi connectivity index (χ4n) is 1.61. The molecule has 2 heterocycles. The van der Waals surface area contributed by atoms with Gasteiger partial charge in [0.15, 0.2) is 0 Å². The fraction of sp³-hybridized carbons (Fsp3) is 0.273. The standard InChI is InChI=1S/C11H14N4O2/c1-7(9-4-3-5-17-9)14-11(16)10-8(12)6-13-15(10)2/h3-7H,12H2,1-2H3,(H,14,16). The number of aromatic nitrogens is 2. The summed E-state index contributed by atoms with van der Waals surface area (Å²) in [5.74, 6) is 0.422. The van der Waals surface area contributed by atoms with E-state index in [2.05, 4.69) is 10.4 Å². The lowest BCUT2D eigenvalue weighted by Gasteiger charge is -2.11. The van der Waals surface area contributed by atoms with Crippen molar-refractivity contribution in [2.45, 2.75) is 13.0 Å². The van der Waals surface area contributed by atoms with Crippen LogP contribution in [0.2, 0.25) is 0 Å². The summed E-state index contributed by atoms with van der Waals surface area (Å²) in [6.45, 7) is 1.84. The lowest BCUT2D eigenvalue weighted by Crippen LogP contribution is -2.28. The van der Waals surface area contributed by atoms with Gasteiger partial charge in [-0.05, 0) is 19.1 Å². The maximum absolute atomic E-state index is 12.0. The number of nitrogens with two attached hydrogens (primary N) is 1. The SMILES string of the molecule is CC(NC(=O)c1c(N)cnn1C)c1ccco1. The van der Waals surface area contributed by atoms with Crippen molar-refractivity contribution in [1.29, 1.82) is 0 Å². The first-order valence-corrected chi connectivity index (χ1v) is 5.21. The summed E-state index contributed by atoms with van der Waals surface area (Å²) in [6.07, 6.45) is 3.02. The summed E-state index contributed by atoms with van der Waals surface area (Å²) in [5, 5.41) is 6.71. The van der Waals surface area contributed by atoms with E-state index in [9.17, 15) is 4.79 Å². The van der Waals surface area contributed by atoms with Crippen LogP contribution >= 0.6 is 0 Å². The Labute approximate surface area is 98.4 Å². The highest BCUT2D eigenvalue weighted by Crippen LogP contribution is 2.15. The molecule has 0 aliphatic carbocycles. The molecule has 6 nitrogen and oxygen atoms in total. The van der Waals surface area contributed by atoms with E-state index in [-0.39, 0.29) is 11.9 Å². The van der Waals surface area contributed by atoms with Crippen molar-refractivity contribution in [3.8, 4) is 0 Å². The predicted molar refractivity (Wildman–Crippen MR) is 62.2 cm³/mol. The van der Waals surface area contributed by atoms with Crippen molar-refractivity contribution in [3.63, 3.8) is 0 Å². The van der Waals surface area contributed by atoms with Crippen LogP contribution in [0.4, 0.5) is 5.69 Å². The third-order valence-electron chi connectivity index (χ3n) is 2.50. The number of carbonyl (C=O) groups excluding carboxylic acids is 1. The molecule has 0 radical (unpaired) electrons. The van der Waals surface area contributed by atoms with Crippen molar-refractivity contribution in [3.05, 3.63) is 36.0 Å². The number of furan rings is 1. The minimum atomic E-state index is -0.272. The molecule has 0 aliphatic rings. The Morgan fingerprint density at radius 3 is 2.94 bits per heavy atom. The largest absolute Gasteiger partial charge is 0.467 e. The van der Waals surface area contributed by atoms with E-state index in [0.717, 1.165) is 0 Å². The first-order chi connectivity index (χ1) is 8.09. The van der Waals surface area contributed by atoms with Gasteiger partial charge >= 0.3 is 0 Å². The fourth-order valence-corrected chi connectivity index (χ4v) is 1.61. The molecule has 2 aromatic rings. The molecular weight excluding hydrogens is 220 g/mol. The van der Waals surface area contributed by atoms with E-state index < -0.39 is 0 Å². The third-order valence-corrected chi connectivity index (χ3v) is 2.50. The quantitative estimate of drug-likeness (QED) is 0.832. The third kappa shape index (κ3) is 2.15. The van der Waals surface area contributed by atoms with Crippen LogP contribution in [0, 0.1) is 0 Å². The Kier molecular flexibility index (Phi) is 2.86. The monoisotopic (exact) mass is 234 g/mol. The summed E-state index contributed by atoms with van der Waals surface area (Å²) >= 11 is 0. The number of anilines is 1. The Balaban J connectivity index is 2.12. The number of nitrogen functional groups attached to an aromatic ring is 1. The zero-order valence-electron chi connectivity index (χ0n) is 9.68. The second-order valence-electron chi connectivity index (χ2n) is 3.78. The van der Waals surface area contributed by atoms with Crippen LogP contribution in [-0.4, -0.2) is 15.7 Å². The first-order valence-electron chi connectivity index (χ1n) is 5.21. The predicted octanol–water partition coefficient (Wildman–Crippen LogP) is 1.09.